The number of carbonyl (C=O) groups is 1. The molecule has 0 aliphatic rings. The fraction of sp³-hybridized carbons (Fsp3) is 0.167. The normalized spacial score (nSPS) is 10.4. The van der Waals surface area contributed by atoms with Gasteiger partial charge in [-0.2, -0.15) is 18.4 Å². The summed E-state index contributed by atoms with van der Waals surface area (Å²) in [6.45, 7) is 1.70. The number of anilines is 1. The number of rotatable bonds is 3. The molecule has 1 amide bonds. The van der Waals surface area contributed by atoms with Crippen LogP contribution in [0.3, 0.4) is 0 Å². The van der Waals surface area contributed by atoms with Crippen LogP contribution < -0.4 is 5.32 Å². The number of hydrogen-bond donors (Lipinski definition) is 1. The van der Waals surface area contributed by atoms with E-state index in [2.05, 4.69) is 16.8 Å². The lowest BCUT2D eigenvalue weighted by atomic mass is 10.1. The summed E-state index contributed by atoms with van der Waals surface area (Å²) in [5.41, 5.74) is 1.02. The predicted molar refractivity (Wildman–Crippen MR) is 92.1 cm³/mol. The number of alkyl halides is 3. The Labute approximate surface area is 157 Å². The van der Waals surface area contributed by atoms with E-state index in [9.17, 15) is 28.1 Å². The second-order valence-corrected chi connectivity index (χ2v) is 5.58. The van der Waals surface area contributed by atoms with Crippen LogP contribution in [-0.4, -0.2) is 22.0 Å². The fourth-order valence-corrected chi connectivity index (χ4v) is 2.11. The number of aromatic nitrogens is 1. The van der Waals surface area contributed by atoms with E-state index >= 15 is 0 Å². The zero-order valence-electron chi connectivity index (χ0n) is 14.3. The fourth-order valence-electron chi connectivity index (χ4n) is 2.11. The summed E-state index contributed by atoms with van der Waals surface area (Å²) < 4.78 is 37.0. The first-order chi connectivity index (χ1) is 13.1. The molecule has 1 heterocycles. The highest BCUT2D eigenvalue weighted by Gasteiger charge is 2.31. The van der Waals surface area contributed by atoms with Crippen LogP contribution in [0.15, 0.2) is 30.5 Å². The third kappa shape index (κ3) is 5.54. The number of aryl methyl sites for hydroxylation is 1. The van der Waals surface area contributed by atoms with Gasteiger partial charge >= 0.3 is 6.18 Å². The number of nitro groups is 1. The van der Waals surface area contributed by atoms with Crippen molar-refractivity contribution >= 4 is 17.4 Å². The number of hydrogen-bond acceptors (Lipinski definition) is 5. The molecule has 0 bridgehead atoms. The van der Waals surface area contributed by atoms with Gasteiger partial charge in [0.15, 0.2) is 0 Å². The number of nitrogens with zero attached hydrogens (tertiary/aromatic N) is 3. The third-order valence-electron chi connectivity index (χ3n) is 3.39. The van der Waals surface area contributed by atoms with Gasteiger partial charge in [-0.25, -0.2) is 4.98 Å². The molecule has 0 spiro atoms. The predicted octanol–water partition coefficient (Wildman–Crippen LogP) is 3.46. The number of benzene rings is 1. The van der Waals surface area contributed by atoms with Gasteiger partial charge in [0.05, 0.1) is 22.1 Å². The Morgan fingerprint density at radius 2 is 1.96 bits per heavy atom. The van der Waals surface area contributed by atoms with Gasteiger partial charge in [0.2, 0.25) is 5.91 Å². The Balaban J connectivity index is 2.42. The van der Waals surface area contributed by atoms with E-state index in [0.717, 1.165) is 12.3 Å². The molecule has 0 saturated carbocycles. The second kappa shape index (κ2) is 8.18. The highest BCUT2D eigenvalue weighted by molar-refractivity contribution is 5.91. The molecular formula is C18H11F3N4O3. The van der Waals surface area contributed by atoms with Crippen molar-refractivity contribution in [1.29, 1.82) is 5.26 Å². The number of amides is 1. The number of halogens is 3. The van der Waals surface area contributed by atoms with E-state index in [-0.39, 0.29) is 11.4 Å². The third-order valence-corrected chi connectivity index (χ3v) is 3.39. The Morgan fingerprint density at radius 3 is 2.54 bits per heavy atom. The van der Waals surface area contributed by atoms with Gasteiger partial charge in [-0.15, -0.1) is 0 Å². The van der Waals surface area contributed by atoms with Crippen LogP contribution in [-0.2, 0) is 4.79 Å². The summed E-state index contributed by atoms with van der Waals surface area (Å²) in [4.78, 5) is 25.3. The largest absolute Gasteiger partial charge is 0.397 e. The molecular weight excluding hydrogens is 377 g/mol. The molecule has 28 heavy (non-hydrogen) atoms. The number of carbonyl (C=O) groups excluding carboxylic acids is 1. The summed E-state index contributed by atoms with van der Waals surface area (Å²) >= 11 is 0. The summed E-state index contributed by atoms with van der Waals surface area (Å²) in [6, 6.07) is 7.64. The minimum absolute atomic E-state index is 0.117. The minimum atomic E-state index is -4.71. The number of nitriles is 1. The molecule has 0 aliphatic heterocycles. The van der Waals surface area contributed by atoms with Gasteiger partial charge in [0, 0.05) is 11.6 Å². The monoisotopic (exact) mass is 388 g/mol. The first kappa shape index (κ1) is 20.4. The molecule has 0 saturated heterocycles. The molecule has 1 N–H and O–H groups in total. The van der Waals surface area contributed by atoms with E-state index in [1.807, 2.05) is 11.4 Å². The van der Waals surface area contributed by atoms with Crippen LogP contribution in [0.5, 0.6) is 0 Å². The van der Waals surface area contributed by atoms with Crippen molar-refractivity contribution in [2.75, 3.05) is 5.32 Å². The maximum Gasteiger partial charge on any atom is 0.397 e. The van der Waals surface area contributed by atoms with Crippen LogP contribution in [0.2, 0.25) is 0 Å². The van der Waals surface area contributed by atoms with Crippen molar-refractivity contribution in [3.05, 3.63) is 62.8 Å². The van der Waals surface area contributed by atoms with Gasteiger partial charge in [0.1, 0.15) is 18.4 Å². The van der Waals surface area contributed by atoms with Crippen LogP contribution in [0.1, 0.15) is 28.7 Å². The van der Waals surface area contributed by atoms with Crippen molar-refractivity contribution in [3.8, 4) is 17.9 Å². The Kier molecular flexibility index (Phi) is 5.96. The molecule has 142 valence electrons. The lowest BCUT2D eigenvalue weighted by Crippen LogP contribution is -2.22. The summed E-state index contributed by atoms with van der Waals surface area (Å²) in [6.07, 6.45) is -5.63. The molecule has 0 fully saturated rings. The highest BCUT2D eigenvalue weighted by atomic mass is 19.4. The van der Waals surface area contributed by atoms with Crippen LogP contribution in [0.25, 0.3) is 0 Å². The van der Waals surface area contributed by atoms with Crippen molar-refractivity contribution < 1.29 is 22.9 Å². The van der Waals surface area contributed by atoms with E-state index in [1.165, 1.54) is 6.07 Å². The maximum atomic E-state index is 12.3. The Morgan fingerprint density at radius 1 is 1.29 bits per heavy atom. The van der Waals surface area contributed by atoms with E-state index < -0.39 is 29.1 Å². The van der Waals surface area contributed by atoms with Crippen molar-refractivity contribution in [2.24, 2.45) is 0 Å². The average molecular weight is 388 g/mol. The summed E-state index contributed by atoms with van der Waals surface area (Å²) in [5.74, 6) is 3.60. The summed E-state index contributed by atoms with van der Waals surface area (Å²) in [5, 5.41) is 21.8. The molecule has 2 rings (SSSR count). The van der Waals surface area contributed by atoms with E-state index in [4.69, 9.17) is 5.26 Å². The van der Waals surface area contributed by atoms with E-state index in [1.54, 1.807) is 19.1 Å². The molecule has 7 nitrogen and oxygen atoms in total. The van der Waals surface area contributed by atoms with Gasteiger partial charge in [0.25, 0.3) is 5.69 Å². The first-order valence-electron chi connectivity index (χ1n) is 7.63. The quantitative estimate of drug-likeness (QED) is 0.492. The number of pyridine rings is 1. The maximum absolute atomic E-state index is 12.3. The van der Waals surface area contributed by atoms with Crippen LogP contribution in [0, 0.1) is 40.2 Å². The Bertz CT molecular complexity index is 1050. The van der Waals surface area contributed by atoms with Crippen molar-refractivity contribution in [1.82, 2.24) is 4.98 Å². The van der Waals surface area contributed by atoms with Gasteiger partial charge in [-0.05, 0) is 30.7 Å². The highest BCUT2D eigenvalue weighted by Crippen LogP contribution is 2.22. The zero-order chi connectivity index (χ0) is 20.9. The van der Waals surface area contributed by atoms with E-state index in [0.29, 0.717) is 16.7 Å². The molecule has 1 aromatic heterocycles. The smallest absolute Gasteiger partial charge is 0.309 e. The molecule has 2 aromatic rings. The van der Waals surface area contributed by atoms with Gasteiger partial charge in [-0.1, -0.05) is 11.8 Å². The van der Waals surface area contributed by atoms with Crippen molar-refractivity contribution in [2.45, 2.75) is 19.5 Å². The van der Waals surface area contributed by atoms with Gasteiger partial charge in [-0.3, -0.25) is 14.9 Å². The minimum Gasteiger partial charge on any atom is -0.309 e. The SMILES string of the molecule is Cc1cc(C#N)ccc1C#Cc1cc([N+](=O)[O-])cnc1NC(=O)CC(F)(F)F. The molecule has 0 aliphatic carbocycles. The van der Waals surface area contributed by atoms with Crippen LogP contribution >= 0.6 is 0 Å². The molecule has 10 heteroatoms. The lowest BCUT2D eigenvalue weighted by Gasteiger charge is -2.08. The van der Waals surface area contributed by atoms with Gasteiger partial charge < -0.3 is 5.32 Å². The van der Waals surface area contributed by atoms with Crippen LogP contribution in [0.4, 0.5) is 24.7 Å². The topological polar surface area (TPSA) is 109 Å². The molecule has 0 radical (unpaired) electrons. The molecule has 1 aromatic carbocycles. The average Bonchev–Trinajstić information content (AvgIpc) is 2.59. The lowest BCUT2D eigenvalue weighted by molar-refractivity contribution is -0.385. The number of nitrogens with one attached hydrogen (secondary N) is 1. The standard InChI is InChI=1S/C18H11F3N4O3/c1-11-6-12(9-22)2-3-13(11)4-5-14-7-15(25(27)28)10-23-17(14)24-16(26)8-18(19,20)21/h2-3,6-7,10H,8H2,1H3,(H,23,24,26). The molecule has 0 unspecified atom stereocenters. The Hall–Kier alpha value is -3.92. The van der Waals surface area contributed by atoms with Crippen molar-refractivity contribution in [3.63, 3.8) is 0 Å². The molecule has 0 atom stereocenters. The first-order valence-corrected chi connectivity index (χ1v) is 7.63. The zero-order valence-corrected chi connectivity index (χ0v) is 14.3. The summed E-state index contributed by atoms with van der Waals surface area (Å²) in [7, 11) is 0. The second-order valence-electron chi connectivity index (χ2n) is 5.58.